The molecule has 1 aliphatic heterocycles. The smallest absolute Gasteiger partial charge is 0.308 e. The average molecular weight is 452 g/mol. The van der Waals surface area contributed by atoms with E-state index in [0.717, 1.165) is 11.1 Å². The molecular weight excluding hydrogens is 437 g/mol. The van der Waals surface area contributed by atoms with Crippen LogP contribution >= 0.6 is 23.2 Å². The third-order valence-corrected chi connectivity index (χ3v) is 5.64. The number of amides is 1. The van der Waals surface area contributed by atoms with Gasteiger partial charge in [0.2, 0.25) is 5.91 Å². The Balaban J connectivity index is 1.93. The van der Waals surface area contributed by atoms with Gasteiger partial charge in [0.15, 0.2) is 5.82 Å². The second kappa shape index (κ2) is 8.38. The first-order valence-corrected chi connectivity index (χ1v) is 10.1. The van der Waals surface area contributed by atoms with Gasteiger partial charge in [0.25, 0.3) is 0 Å². The van der Waals surface area contributed by atoms with Crippen LogP contribution in [0.3, 0.4) is 0 Å². The molecule has 31 heavy (non-hydrogen) atoms. The van der Waals surface area contributed by atoms with E-state index in [9.17, 15) is 20.0 Å². The van der Waals surface area contributed by atoms with Crippen molar-refractivity contribution in [2.75, 3.05) is 11.4 Å². The summed E-state index contributed by atoms with van der Waals surface area (Å²) in [5.74, 6) is -2.14. The molecule has 1 aliphatic rings. The first kappa shape index (κ1) is 20.9. The van der Waals surface area contributed by atoms with Crippen molar-refractivity contribution >= 4 is 40.9 Å². The van der Waals surface area contributed by atoms with Crippen molar-refractivity contribution in [3.63, 3.8) is 0 Å². The number of aromatic nitrogens is 1. The lowest BCUT2D eigenvalue weighted by Crippen LogP contribution is -2.28. The van der Waals surface area contributed by atoms with E-state index in [1.54, 1.807) is 54.6 Å². The van der Waals surface area contributed by atoms with Gasteiger partial charge < -0.3 is 5.11 Å². The first-order valence-electron chi connectivity index (χ1n) is 9.37. The number of aliphatic carboxylic acids is 1. The monoisotopic (exact) mass is 451 g/mol. The van der Waals surface area contributed by atoms with Crippen LogP contribution in [0.2, 0.25) is 10.0 Å². The van der Waals surface area contributed by atoms with Crippen LogP contribution in [0.15, 0.2) is 54.6 Å². The van der Waals surface area contributed by atoms with Crippen molar-refractivity contribution in [2.24, 2.45) is 5.92 Å². The first-order chi connectivity index (χ1) is 14.9. The van der Waals surface area contributed by atoms with E-state index < -0.39 is 11.9 Å². The highest BCUT2D eigenvalue weighted by Gasteiger charge is 2.37. The number of nitriles is 1. The minimum absolute atomic E-state index is 0.0417. The molecule has 1 N–H and O–H groups in total. The predicted octanol–water partition coefficient (Wildman–Crippen LogP) is 5.03. The molecule has 1 aromatic heterocycles. The molecule has 6 nitrogen and oxygen atoms in total. The Kier molecular flexibility index (Phi) is 5.64. The highest BCUT2D eigenvalue weighted by atomic mass is 35.5. The number of anilines is 1. The van der Waals surface area contributed by atoms with E-state index in [2.05, 4.69) is 11.1 Å². The van der Waals surface area contributed by atoms with E-state index in [4.69, 9.17) is 23.2 Å². The molecule has 0 aliphatic carbocycles. The zero-order valence-electron chi connectivity index (χ0n) is 16.0. The number of pyridine rings is 1. The summed E-state index contributed by atoms with van der Waals surface area (Å²) < 4.78 is 0. The van der Waals surface area contributed by atoms with Crippen molar-refractivity contribution in [2.45, 2.75) is 6.42 Å². The van der Waals surface area contributed by atoms with Crippen LogP contribution in [0.4, 0.5) is 5.82 Å². The van der Waals surface area contributed by atoms with Crippen LogP contribution < -0.4 is 4.90 Å². The van der Waals surface area contributed by atoms with Gasteiger partial charge in [-0.2, -0.15) is 5.26 Å². The lowest BCUT2D eigenvalue weighted by atomic mass is 9.98. The van der Waals surface area contributed by atoms with Gasteiger partial charge in [-0.05, 0) is 35.9 Å². The largest absolute Gasteiger partial charge is 0.481 e. The van der Waals surface area contributed by atoms with Crippen molar-refractivity contribution < 1.29 is 14.7 Å². The van der Waals surface area contributed by atoms with E-state index >= 15 is 0 Å². The Morgan fingerprint density at radius 2 is 1.65 bits per heavy atom. The fourth-order valence-corrected chi connectivity index (χ4v) is 3.79. The molecule has 2 heterocycles. The molecule has 2 aromatic carbocycles. The molecule has 1 fully saturated rings. The second-order valence-corrected chi connectivity index (χ2v) is 8.00. The highest BCUT2D eigenvalue weighted by molar-refractivity contribution is 6.31. The Hall–Kier alpha value is -3.40. The lowest BCUT2D eigenvalue weighted by molar-refractivity contribution is -0.141. The Bertz CT molecular complexity index is 1220. The second-order valence-electron chi connectivity index (χ2n) is 7.12. The third kappa shape index (κ3) is 4.11. The number of hydrogen-bond donors (Lipinski definition) is 1. The highest BCUT2D eigenvalue weighted by Crippen LogP contribution is 2.36. The summed E-state index contributed by atoms with van der Waals surface area (Å²) in [5.41, 5.74) is 2.76. The summed E-state index contributed by atoms with van der Waals surface area (Å²) in [6.07, 6.45) is -0.136. The maximum atomic E-state index is 12.6. The fraction of sp³-hybridized carbons (Fsp3) is 0.130. The number of carbonyl (C=O) groups excluding carboxylic acids is 1. The Morgan fingerprint density at radius 3 is 2.16 bits per heavy atom. The topological polar surface area (TPSA) is 94.3 Å². The van der Waals surface area contributed by atoms with Gasteiger partial charge in [-0.1, -0.05) is 47.5 Å². The summed E-state index contributed by atoms with van der Waals surface area (Å²) in [4.78, 5) is 29.9. The van der Waals surface area contributed by atoms with Crippen LogP contribution in [0.25, 0.3) is 22.4 Å². The number of carbonyl (C=O) groups is 2. The number of nitrogens with zero attached hydrogens (tertiary/aromatic N) is 3. The number of benzene rings is 2. The Labute approximate surface area is 188 Å². The normalized spacial score (nSPS) is 15.7. The van der Waals surface area contributed by atoms with Crippen LogP contribution in [-0.4, -0.2) is 28.5 Å². The zero-order chi connectivity index (χ0) is 22.1. The molecule has 0 saturated carbocycles. The van der Waals surface area contributed by atoms with Crippen molar-refractivity contribution in [1.82, 2.24) is 4.98 Å². The van der Waals surface area contributed by atoms with Crippen LogP contribution in [-0.2, 0) is 9.59 Å². The SMILES string of the molecule is N#Cc1c(-c2ccc(Cl)cc2)cc(-c2ccc(Cl)cc2)nc1N1CC(C(=O)O)CC1=O. The summed E-state index contributed by atoms with van der Waals surface area (Å²) in [6, 6.07) is 17.9. The quantitative estimate of drug-likeness (QED) is 0.599. The molecule has 1 atom stereocenters. The van der Waals surface area contributed by atoms with Crippen molar-refractivity contribution in [3.8, 4) is 28.5 Å². The molecule has 4 rings (SSSR count). The van der Waals surface area contributed by atoms with Crippen LogP contribution in [0.5, 0.6) is 0 Å². The molecule has 0 spiro atoms. The van der Waals surface area contributed by atoms with Crippen LogP contribution in [0.1, 0.15) is 12.0 Å². The van der Waals surface area contributed by atoms with Gasteiger partial charge in [0.1, 0.15) is 11.6 Å². The maximum absolute atomic E-state index is 12.6. The predicted molar refractivity (Wildman–Crippen MR) is 118 cm³/mol. The minimum Gasteiger partial charge on any atom is -0.481 e. The number of carboxylic acid groups (broad SMARTS) is 1. The van der Waals surface area contributed by atoms with Crippen LogP contribution in [0, 0.1) is 17.2 Å². The van der Waals surface area contributed by atoms with Gasteiger partial charge in [0.05, 0.1) is 11.6 Å². The Morgan fingerprint density at radius 1 is 1.06 bits per heavy atom. The molecule has 8 heteroatoms. The standard InChI is InChI=1S/C23H15Cl2N3O3/c24-16-5-1-13(2-6-16)18-10-20(14-3-7-17(25)8-4-14)27-22(19(18)11-26)28-12-15(23(30)31)9-21(28)29/h1-8,10,15H,9,12H2,(H,30,31). The molecule has 1 unspecified atom stereocenters. The maximum Gasteiger partial charge on any atom is 0.308 e. The van der Waals surface area contributed by atoms with Crippen molar-refractivity contribution in [3.05, 3.63) is 70.2 Å². The minimum atomic E-state index is -1.05. The summed E-state index contributed by atoms with van der Waals surface area (Å²) >= 11 is 12.0. The molecule has 154 valence electrons. The molecule has 3 aromatic rings. The van der Waals surface area contributed by atoms with E-state index in [1.165, 1.54) is 4.90 Å². The fourth-order valence-electron chi connectivity index (χ4n) is 3.54. The summed E-state index contributed by atoms with van der Waals surface area (Å²) in [6.45, 7) is -0.0417. The number of halogens is 2. The molecular formula is C23H15Cl2N3O3. The van der Waals surface area contributed by atoms with Gasteiger partial charge in [-0.25, -0.2) is 4.98 Å². The van der Waals surface area contributed by atoms with E-state index in [-0.39, 0.29) is 30.3 Å². The van der Waals surface area contributed by atoms with E-state index in [0.29, 0.717) is 21.3 Å². The molecule has 0 radical (unpaired) electrons. The molecule has 1 saturated heterocycles. The van der Waals surface area contributed by atoms with Gasteiger partial charge in [-0.15, -0.1) is 0 Å². The zero-order valence-corrected chi connectivity index (χ0v) is 17.6. The van der Waals surface area contributed by atoms with E-state index in [1.807, 2.05) is 0 Å². The van der Waals surface area contributed by atoms with Crippen molar-refractivity contribution in [1.29, 1.82) is 5.26 Å². The molecule has 1 amide bonds. The molecule has 0 bridgehead atoms. The average Bonchev–Trinajstić information content (AvgIpc) is 3.16. The van der Waals surface area contributed by atoms with Gasteiger partial charge in [0, 0.05) is 34.1 Å². The van der Waals surface area contributed by atoms with Gasteiger partial charge >= 0.3 is 5.97 Å². The number of carboxylic acids is 1. The number of rotatable bonds is 4. The summed E-state index contributed by atoms with van der Waals surface area (Å²) in [7, 11) is 0. The third-order valence-electron chi connectivity index (χ3n) is 5.14. The van der Waals surface area contributed by atoms with Gasteiger partial charge in [-0.3, -0.25) is 14.5 Å². The number of hydrogen-bond acceptors (Lipinski definition) is 4. The lowest BCUT2D eigenvalue weighted by Gasteiger charge is -2.20. The summed E-state index contributed by atoms with van der Waals surface area (Å²) in [5, 5.41) is 20.4.